The Balaban J connectivity index is 1.46. The molecular weight excluding hydrogens is 354 g/mol. The van der Waals surface area contributed by atoms with Crippen LogP contribution in [0.25, 0.3) is 0 Å². The topological polar surface area (TPSA) is 60.4 Å². The molecule has 2 heterocycles. The number of para-hydroxylation sites is 1. The number of piperazine rings is 1. The van der Waals surface area contributed by atoms with Crippen LogP contribution in [0, 0.1) is 0 Å². The molecule has 7 heteroatoms. The lowest BCUT2D eigenvalue weighted by molar-refractivity contribution is -0.142. The third kappa shape index (κ3) is 4.95. The maximum absolute atomic E-state index is 12.5. The van der Waals surface area contributed by atoms with Gasteiger partial charge in [-0.1, -0.05) is 18.2 Å². The Kier molecular flexibility index (Phi) is 7.14. The van der Waals surface area contributed by atoms with Crippen LogP contribution >= 0.6 is 0 Å². The van der Waals surface area contributed by atoms with E-state index in [2.05, 4.69) is 58.3 Å². The molecule has 154 valence electrons. The normalized spacial score (nSPS) is 21.5. The van der Waals surface area contributed by atoms with Crippen molar-refractivity contribution in [3.05, 3.63) is 30.3 Å². The van der Waals surface area contributed by atoms with E-state index in [0.717, 1.165) is 51.5 Å². The van der Waals surface area contributed by atoms with Gasteiger partial charge in [-0.15, -0.1) is 0 Å². The molecule has 2 atom stereocenters. The van der Waals surface area contributed by atoms with Crippen molar-refractivity contribution < 1.29 is 9.53 Å². The summed E-state index contributed by atoms with van der Waals surface area (Å²) in [4.78, 5) is 23.4. The molecule has 0 bridgehead atoms. The summed E-state index contributed by atoms with van der Waals surface area (Å²) in [5.74, 6) is 1.05. The predicted octanol–water partition coefficient (Wildman–Crippen LogP) is 1.41. The molecular formula is C21H33N5O2. The summed E-state index contributed by atoms with van der Waals surface area (Å²) in [6, 6.07) is 10.7. The first kappa shape index (κ1) is 20.5. The third-order valence-electron chi connectivity index (χ3n) is 5.69. The van der Waals surface area contributed by atoms with Crippen LogP contribution < -0.4 is 10.2 Å². The zero-order valence-electron chi connectivity index (χ0n) is 17.3. The molecule has 0 spiro atoms. The van der Waals surface area contributed by atoms with Gasteiger partial charge >= 0.3 is 0 Å². The molecule has 1 aromatic carbocycles. The van der Waals surface area contributed by atoms with Crippen molar-refractivity contribution >= 4 is 17.6 Å². The smallest absolute Gasteiger partial charge is 0.251 e. The first-order valence-corrected chi connectivity index (χ1v) is 10.2. The molecule has 0 saturated carbocycles. The van der Waals surface area contributed by atoms with Crippen molar-refractivity contribution in [3.63, 3.8) is 0 Å². The largest absolute Gasteiger partial charge is 0.370 e. The molecule has 2 fully saturated rings. The van der Waals surface area contributed by atoms with E-state index in [-0.39, 0.29) is 12.0 Å². The number of aliphatic imine (C=N–C) groups is 1. The molecule has 7 nitrogen and oxygen atoms in total. The monoisotopic (exact) mass is 387 g/mol. The number of amides is 1. The van der Waals surface area contributed by atoms with Gasteiger partial charge < -0.3 is 24.8 Å². The fourth-order valence-electron chi connectivity index (χ4n) is 3.74. The van der Waals surface area contributed by atoms with Crippen LogP contribution in [0.3, 0.4) is 0 Å². The fraction of sp³-hybridized carbons (Fsp3) is 0.619. The minimum Gasteiger partial charge on any atom is -0.370 e. The van der Waals surface area contributed by atoms with Crippen LogP contribution in [-0.4, -0.2) is 87.2 Å². The Hall–Kier alpha value is -2.28. The summed E-state index contributed by atoms with van der Waals surface area (Å²) >= 11 is 0. The quantitative estimate of drug-likeness (QED) is 0.612. The number of carbonyl (C=O) groups excluding carboxylic acids is 1. The summed E-state index contributed by atoms with van der Waals surface area (Å²) in [6.07, 6.45) is 1.62. The van der Waals surface area contributed by atoms with Crippen molar-refractivity contribution in [2.45, 2.75) is 31.9 Å². The first-order chi connectivity index (χ1) is 13.6. The predicted molar refractivity (Wildman–Crippen MR) is 113 cm³/mol. The number of benzene rings is 1. The van der Waals surface area contributed by atoms with Crippen molar-refractivity contribution in [1.29, 1.82) is 0 Å². The second kappa shape index (κ2) is 9.78. The van der Waals surface area contributed by atoms with E-state index in [0.29, 0.717) is 12.6 Å². The lowest BCUT2D eigenvalue weighted by Gasteiger charge is -2.38. The number of anilines is 1. The van der Waals surface area contributed by atoms with E-state index in [9.17, 15) is 4.79 Å². The molecule has 0 aromatic heterocycles. The summed E-state index contributed by atoms with van der Waals surface area (Å²) < 4.78 is 5.54. The Morgan fingerprint density at radius 1 is 1.25 bits per heavy atom. The average molecular weight is 388 g/mol. The number of rotatable bonds is 5. The van der Waals surface area contributed by atoms with Crippen molar-refractivity contribution in [3.8, 4) is 0 Å². The Morgan fingerprint density at radius 3 is 2.54 bits per heavy atom. The maximum Gasteiger partial charge on any atom is 0.251 e. The molecule has 28 heavy (non-hydrogen) atoms. The van der Waals surface area contributed by atoms with Crippen LogP contribution in [0.4, 0.5) is 5.69 Å². The second-order valence-electron chi connectivity index (χ2n) is 7.54. The number of ether oxygens (including phenoxy) is 1. The summed E-state index contributed by atoms with van der Waals surface area (Å²) in [7, 11) is 3.93. The van der Waals surface area contributed by atoms with Crippen LogP contribution in [0.15, 0.2) is 35.3 Å². The lowest BCUT2D eigenvalue weighted by atomic mass is 10.2. The summed E-state index contributed by atoms with van der Waals surface area (Å²) in [5.41, 5.74) is 1.20. The highest BCUT2D eigenvalue weighted by atomic mass is 16.5. The molecule has 2 aliphatic heterocycles. The number of nitrogens with zero attached hydrogens (tertiary/aromatic N) is 4. The minimum absolute atomic E-state index is 0.151. The van der Waals surface area contributed by atoms with Gasteiger partial charge in [-0.25, -0.2) is 0 Å². The van der Waals surface area contributed by atoms with E-state index >= 15 is 0 Å². The first-order valence-electron chi connectivity index (χ1n) is 10.2. The number of carbonyl (C=O) groups is 1. The van der Waals surface area contributed by atoms with E-state index in [1.165, 1.54) is 5.69 Å². The summed E-state index contributed by atoms with van der Waals surface area (Å²) in [5, 5.41) is 3.49. The number of guanidine groups is 1. The molecule has 2 unspecified atom stereocenters. The standard InChI is InChI=1S/C21H33N5O2/c1-17(24(3)18-8-5-4-6-9-18)16-23-21(22-2)26-13-11-25(12-14-26)20(27)19-10-7-15-28-19/h4-6,8-9,17,19H,7,10-16H2,1-3H3,(H,22,23). The number of nitrogens with one attached hydrogen (secondary N) is 1. The SMILES string of the molecule is CN=C(NCC(C)N(C)c1ccccc1)N1CCN(C(=O)C2CCCO2)CC1. The second-order valence-corrected chi connectivity index (χ2v) is 7.54. The molecule has 0 radical (unpaired) electrons. The summed E-state index contributed by atoms with van der Waals surface area (Å²) in [6.45, 7) is 6.74. The van der Waals surface area contributed by atoms with Gasteiger partial charge in [0.2, 0.25) is 0 Å². The Bertz CT molecular complexity index is 652. The highest BCUT2D eigenvalue weighted by Crippen LogP contribution is 2.16. The van der Waals surface area contributed by atoms with Gasteiger partial charge in [0.25, 0.3) is 5.91 Å². The molecule has 3 rings (SSSR count). The minimum atomic E-state index is -0.224. The third-order valence-corrected chi connectivity index (χ3v) is 5.69. The van der Waals surface area contributed by atoms with Gasteiger partial charge in [-0.3, -0.25) is 9.79 Å². The molecule has 1 amide bonds. The van der Waals surface area contributed by atoms with Gasteiger partial charge in [0.05, 0.1) is 0 Å². The maximum atomic E-state index is 12.5. The molecule has 2 aliphatic rings. The number of likely N-dealkylation sites (N-methyl/N-ethyl adjacent to an activating group) is 1. The van der Waals surface area contributed by atoms with E-state index < -0.39 is 0 Å². The van der Waals surface area contributed by atoms with Crippen LogP contribution in [0.1, 0.15) is 19.8 Å². The van der Waals surface area contributed by atoms with Crippen LogP contribution in [0.2, 0.25) is 0 Å². The van der Waals surface area contributed by atoms with Crippen LogP contribution in [0.5, 0.6) is 0 Å². The van der Waals surface area contributed by atoms with Gasteiger partial charge in [-0.2, -0.15) is 0 Å². The number of hydrogen-bond acceptors (Lipinski definition) is 4. The molecule has 1 aromatic rings. The zero-order valence-corrected chi connectivity index (χ0v) is 17.3. The van der Waals surface area contributed by atoms with E-state index in [1.54, 1.807) is 0 Å². The van der Waals surface area contributed by atoms with Crippen molar-refractivity contribution in [2.75, 3.05) is 58.3 Å². The van der Waals surface area contributed by atoms with E-state index in [1.807, 2.05) is 18.0 Å². The number of hydrogen-bond donors (Lipinski definition) is 1. The fourth-order valence-corrected chi connectivity index (χ4v) is 3.74. The Labute approximate surface area is 168 Å². The van der Waals surface area contributed by atoms with Crippen LogP contribution in [-0.2, 0) is 9.53 Å². The highest BCUT2D eigenvalue weighted by Gasteiger charge is 2.31. The van der Waals surface area contributed by atoms with Gasteiger partial charge in [-0.05, 0) is 31.9 Å². The van der Waals surface area contributed by atoms with E-state index in [4.69, 9.17) is 4.74 Å². The average Bonchev–Trinajstić information content (AvgIpc) is 3.29. The zero-order chi connectivity index (χ0) is 19.9. The van der Waals surface area contributed by atoms with Gasteiger partial charge in [0, 0.05) is 65.2 Å². The molecule has 2 saturated heterocycles. The lowest BCUT2D eigenvalue weighted by Crippen LogP contribution is -2.56. The molecule has 0 aliphatic carbocycles. The van der Waals surface area contributed by atoms with Crippen molar-refractivity contribution in [2.24, 2.45) is 4.99 Å². The molecule has 1 N–H and O–H groups in total. The highest BCUT2D eigenvalue weighted by molar-refractivity contribution is 5.82. The Morgan fingerprint density at radius 2 is 1.93 bits per heavy atom. The van der Waals surface area contributed by atoms with Gasteiger partial charge in [0.15, 0.2) is 5.96 Å². The van der Waals surface area contributed by atoms with Gasteiger partial charge in [0.1, 0.15) is 6.10 Å². The van der Waals surface area contributed by atoms with Crippen molar-refractivity contribution in [1.82, 2.24) is 15.1 Å².